The first-order valence-electron chi connectivity index (χ1n) is 12.5. The molecule has 3 heterocycles. The number of nitrogen functional groups attached to an aromatic ring is 2. The van der Waals surface area contributed by atoms with Crippen molar-refractivity contribution in [3.63, 3.8) is 0 Å². The molecule has 1 saturated carbocycles. The predicted octanol–water partition coefficient (Wildman–Crippen LogP) is 1.50. The van der Waals surface area contributed by atoms with Crippen LogP contribution in [0.4, 0.5) is 17.2 Å². The van der Waals surface area contributed by atoms with Crippen molar-refractivity contribution >= 4 is 43.9 Å². The number of aliphatic imine (C=N–C) groups is 1. The summed E-state index contributed by atoms with van der Waals surface area (Å²) in [5.41, 5.74) is 15.9. The molecule has 5 rings (SSSR count). The molecule has 2 aromatic heterocycles. The number of hydrogen-bond acceptors (Lipinski definition) is 11. The summed E-state index contributed by atoms with van der Waals surface area (Å²) in [6.45, 7) is 6.36. The molecular formula is C25H33N7O5S. The van der Waals surface area contributed by atoms with Gasteiger partial charge in [0.15, 0.2) is 27.5 Å². The number of anilines is 2. The van der Waals surface area contributed by atoms with Gasteiger partial charge in [0, 0.05) is 11.6 Å². The van der Waals surface area contributed by atoms with Crippen molar-refractivity contribution in [2.24, 2.45) is 10.9 Å². The van der Waals surface area contributed by atoms with Gasteiger partial charge in [-0.1, -0.05) is 26.8 Å². The van der Waals surface area contributed by atoms with Gasteiger partial charge in [-0.2, -0.15) is 0 Å². The minimum absolute atomic E-state index is 0.0365. The smallest absolute Gasteiger partial charge is 0.167 e. The van der Waals surface area contributed by atoms with Gasteiger partial charge in [-0.3, -0.25) is 9.56 Å². The van der Waals surface area contributed by atoms with Crippen molar-refractivity contribution in [3.8, 4) is 0 Å². The van der Waals surface area contributed by atoms with E-state index in [9.17, 15) is 18.6 Å². The summed E-state index contributed by atoms with van der Waals surface area (Å²) in [5, 5.41) is 21.2. The molecule has 0 spiro atoms. The Morgan fingerprint density at radius 1 is 1.16 bits per heavy atom. The summed E-state index contributed by atoms with van der Waals surface area (Å²) in [6.07, 6.45) is -1.20. The molecule has 13 heteroatoms. The molecule has 1 aliphatic carbocycles. The lowest BCUT2D eigenvalue weighted by Crippen LogP contribution is -2.36. The second-order valence-electron chi connectivity index (χ2n) is 11.1. The fraction of sp³-hybridized carbons (Fsp3) is 0.520. The minimum Gasteiger partial charge on any atom is -0.397 e. The highest BCUT2D eigenvalue weighted by molar-refractivity contribution is 7.91. The Labute approximate surface area is 220 Å². The number of rotatable bonds is 7. The van der Waals surface area contributed by atoms with Crippen LogP contribution in [0.1, 0.15) is 45.4 Å². The number of ether oxygens (including phenoxy) is 1. The first-order valence-corrected chi connectivity index (χ1v) is 14.3. The highest BCUT2D eigenvalue weighted by atomic mass is 32.2. The van der Waals surface area contributed by atoms with Crippen molar-refractivity contribution in [1.82, 2.24) is 19.5 Å². The van der Waals surface area contributed by atoms with Gasteiger partial charge in [-0.05, 0) is 36.0 Å². The second kappa shape index (κ2) is 9.56. The fourth-order valence-electron chi connectivity index (χ4n) is 4.67. The van der Waals surface area contributed by atoms with E-state index in [0.29, 0.717) is 29.0 Å². The SMILES string of the molecule is CC(C)(C)c1ccc(N)c(N=C2CC2CCS(=O)(=O)C[C@H]2O[C@@H](n3cnc4c(N)ncnc43)[C@H](O)[C@@H]2O)c1. The van der Waals surface area contributed by atoms with Crippen LogP contribution in [0.15, 0.2) is 35.8 Å². The van der Waals surface area contributed by atoms with E-state index in [1.54, 1.807) is 0 Å². The molecule has 1 aromatic carbocycles. The maximum atomic E-state index is 12.9. The number of aliphatic hydroxyl groups is 2. The van der Waals surface area contributed by atoms with Gasteiger partial charge in [0.25, 0.3) is 0 Å². The van der Waals surface area contributed by atoms with Gasteiger partial charge >= 0.3 is 0 Å². The molecule has 0 radical (unpaired) electrons. The number of hydrogen-bond donors (Lipinski definition) is 4. The molecule has 1 aliphatic heterocycles. The molecule has 2 aliphatic rings. The summed E-state index contributed by atoms with van der Waals surface area (Å²) in [6, 6.07) is 5.83. The number of imidazole rings is 1. The molecule has 6 N–H and O–H groups in total. The van der Waals surface area contributed by atoms with Crippen LogP contribution in [0.3, 0.4) is 0 Å². The van der Waals surface area contributed by atoms with Gasteiger partial charge in [0.1, 0.15) is 30.2 Å². The normalized spacial score (nSPS) is 26.9. The predicted molar refractivity (Wildman–Crippen MR) is 144 cm³/mol. The molecule has 1 saturated heterocycles. The van der Waals surface area contributed by atoms with E-state index >= 15 is 0 Å². The highest BCUT2D eigenvalue weighted by Gasteiger charge is 2.46. The van der Waals surface area contributed by atoms with Crippen LogP contribution < -0.4 is 11.5 Å². The topological polar surface area (TPSA) is 192 Å². The maximum Gasteiger partial charge on any atom is 0.167 e. The van der Waals surface area contributed by atoms with Crippen LogP contribution in [0.25, 0.3) is 11.2 Å². The van der Waals surface area contributed by atoms with Crippen LogP contribution in [0, 0.1) is 5.92 Å². The van der Waals surface area contributed by atoms with E-state index < -0.39 is 40.1 Å². The summed E-state index contributed by atoms with van der Waals surface area (Å²) in [5.74, 6) is -0.281. The van der Waals surface area contributed by atoms with Crippen molar-refractivity contribution in [2.75, 3.05) is 23.0 Å². The zero-order valence-electron chi connectivity index (χ0n) is 21.5. The van der Waals surface area contributed by atoms with Crippen LogP contribution in [0.2, 0.25) is 0 Å². The third-order valence-electron chi connectivity index (χ3n) is 7.12. The lowest BCUT2D eigenvalue weighted by atomic mass is 9.87. The van der Waals surface area contributed by atoms with Crippen LogP contribution in [0.5, 0.6) is 0 Å². The van der Waals surface area contributed by atoms with E-state index in [4.69, 9.17) is 21.2 Å². The quantitative estimate of drug-likeness (QED) is 0.317. The molecule has 2 fully saturated rings. The standard InChI is InChI=1S/C25H33N7O5S/c1-25(2,3)14-4-5-15(26)17(9-14)31-16-8-13(16)6-7-38(35,36)10-18-20(33)21(34)24(37-18)32-12-30-19-22(27)28-11-29-23(19)32/h4-5,9,11-13,18,20-21,24,33-34H,6-8,10,26H2,1-3H3,(H2,27,28,29)/t13?,18-,20-,21-,24-/m1/s1. The molecule has 0 amide bonds. The second-order valence-corrected chi connectivity index (χ2v) is 13.3. The Kier molecular flexibility index (Phi) is 6.66. The summed E-state index contributed by atoms with van der Waals surface area (Å²) >= 11 is 0. The number of benzene rings is 1. The first kappa shape index (κ1) is 26.5. The molecule has 1 unspecified atom stereocenters. The molecular weight excluding hydrogens is 510 g/mol. The average molecular weight is 544 g/mol. The van der Waals surface area contributed by atoms with Crippen molar-refractivity contribution in [2.45, 2.75) is 63.6 Å². The number of nitrogens with zero attached hydrogens (tertiary/aromatic N) is 5. The Balaban J connectivity index is 1.21. The summed E-state index contributed by atoms with van der Waals surface area (Å²) in [4.78, 5) is 16.8. The fourth-order valence-corrected chi connectivity index (χ4v) is 6.26. The maximum absolute atomic E-state index is 12.9. The summed E-state index contributed by atoms with van der Waals surface area (Å²) < 4.78 is 33.0. The van der Waals surface area contributed by atoms with E-state index in [1.165, 1.54) is 17.2 Å². The van der Waals surface area contributed by atoms with Gasteiger partial charge in [0.05, 0.1) is 29.2 Å². The lowest BCUT2D eigenvalue weighted by molar-refractivity contribution is -0.0292. The minimum atomic E-state index is -3.59. The van der Waals surface area contributed by atoms with Gasteiger partial charge in [-0.25, -0.2) is 23.4 Å². The molecule has 12 nitrogen and oxygen atoms in total. The molecule has 0 bridgehead atoms. The molecule has 3 aromatic rings. The van der Waals surface area contributed by atoms with Crippen LogP contribution in [-0.4, -0.2) is 73.7 Å². The third kappa shape index (κ3) is 5.23. The molecule has 5 atom stereocenters. The van der Waals surface area contributed by atoms with E-state index in [0.717, 1.165) is 17.7 Å². The van der Waals surface area contributed by atoms with Gasteiger partial charge < -0.3 is 26.4 Å². The first-order chi connectivity index (χ1) is 17.8. The molecule has 204 valence electrons. The van der Waals surface area contributed by atoms with E-state index in [2.05, 4.69) is 35.7 Å². The number of fused-ring (bicyclic) bond motifs is 1. The monoisotopic (exact) mass is 543 g/mol. The average Bonchev–Trinajstić information content (AvgIpc) is 3.35. The Morgan fingerprint density at radius 2 is 1.92 bits per heavy atom. The Bertz CT molecular complexity index is 1500. The number of aromatic nitrogens is 4. The lowest BCUT2D eigenvalue weighted by Gasteiger charge is -2.19. The number of sulfone groups is 1. The zero-order valence-corrected chi connectivity index (χ0v) is 22.3. The highest BCUT2D eigenvalue weighted by Crippen LogP contribution is 2.37. The Hall–Kier alpha value is -3.13. The zero-order chi connectivity index (χ0) is 27.4. The largest absolute Gasteiger partial charge is 0.397 e. The van der Waals surface area contributed by atoms with Crippen LogP contribution in [-0.2, 0) is 20.0 Å². The van der Waals surface area contributed by atoms with E-state index in [1.807, 2.05) is 18.2 Å². The van der Waals surface area contributed by atoms with Crippen molar-refractivity contribution < 1.29 is 23.4 Å². The summed E-state index contributed by atoms with van der Waals surface area (Å²) in [7, 11) is -3.59. The van der Waals surface area contributed by atoms with Crippen molar-refractivity contribution in [1.29, 1.82) is 0 Å². The number of aliphatic hydroxyl groups excluding tert-OH is 2. The number of nitrogens with two attached hydrogens (primary N) is 2. The van der Waals surface area contributed by atoms with Gasteiger partial charge in [0.2, 0.25) is 0 Å². The third-order valence-corrected chi connectivity index (χ3v) is 8.82. The Morgan fingerprint density at radius 3 is 2.66 bits per heavy atom. The molecule has 38 heavy (non-hydrogen) atoms. The van der Waals surface area contributed by atoms with Crippen LogP contribution >= 0.6 is 0 Å². The van der Waals surface area contributed by atoms with Gasteiger partial charge in [-0.15, -0.1) is 0 Å². The van der Waals surface area contributed by atoms with E-state index in [-0.39, 0.29) is 22.9 Å². The van der Waals surface area contributed by atoms with Crippen molar-refractivity contribution in [3.05, 3.63) is 36.4 Å².